The normalized spacial score (nSPS) is 19.4. The zero-order valence-corrected chi connectivity index (χ0v) is 30.9. The first kappa shape index (κ1) is 44.4. The van der Waals surface area contributed by atoms with Gasteiger partial charge in [0.15, 0.2) is 0 Å². The van der Waals surface area contributed by atoms with Gasteiger partial charge in [0, 0.05) is 58.7 Å². The second-order valence-corrected chi connectivity index (χ2v) is 13.9. The predicted molar refractivity (Wildman–Crippen MR) is 193 cm³/mol. The molecule has 1 fully saturated rings. The van der Waals surface area contributed by atoms with E-state index in [0.29, 0.717) is 48.8 Å². The molecule has 1 saturated heterocycles. The first-order valence-electron chi connectivity index (χ1n) is 17.9. The molecule has 1 aliphatic heterocycles. The van der Waals surface area contributed by atoms with E-state index in [9.17, 15) is 34.8 Å². The Kier molecular flexibility index (Phi) is 20.7. The largest absolute Gasteiger partial charge is 0.496 e. The number of amides is 3. The van der Waals surface area contributed by atoms with Gasteiger partial charge in [0.2, 0.25) is 11.8 Å². The molecule has 0 aromatic heterocycles. The Labute approximate surface area is 306 Å². The number of benzene rings is 1. The van der Waals surface area contributed by atoms with E-state index in [0.717, 1.165) is 58.0 Å². The number of aliphatic hydroxyl groups excluding tert-OH is 5. The van der Waals surface area contributed by atoms with Gasteiger partial charge in [-0.15, -0.1) is 0 Å². The highest BCUT2D eigenvalue weighted by molar-refractivity contribution is 6.33. The van der Waals surface area contributed by atoms with Crippen molar-refractivity contribution in [1.82, 2.24) is 20.9 Å². The number of nitrogens with two attached hydrogens (primary N) is 1. The fraction of sp³-hybridized carbons (Fsp3) is 0.743. The summed E-state index contributed by atoms with van der Waals surface area (Å²) < 4.78 is 11.1. The van der Waals surface area contributed by atoms with Crippen LogP contribution in [0.3, 0.4) is 0 Å². The van der Waals surface area contributed by atoms with Gasteiger partial charge in [-0.05, 0) is 44.1 Å². The maximum Gasteiger partial charge on any atom is 0.255 e. The van der Waals surface area contributed by atoms with Crippen LogP contribution in [0.2, 0.25) is 5.02 Å². The highest BCUT2D eigenvalue weighted by atomic mass is 35.5. The molecule has 51 heavy (non-hydrogen) atoms. The zero-order valence-electron chi connectivity index (χ0n) is 30.2. The maximum atomic E-state index is 13.1. The molecule has 0 spiro atoms. The number of piperidine rings is 1. The molecule has 0 bridgehead atoms. The monoisotopic (exact) mass is 745 g/mol. The minimum atomic E-state index is -1.73. The lowest BCUT2D eigenvalue weighted by Crippen LogP contribution is -2.55. The molecular formula is C35H60ClN5O10. The number of nitrogens with zero attached hydrogens (tertiary/aromatic N) is 1. The molecular weight excluding hydrogens is 686 g/mol. The number of unbranched alkanes of at least 4 members (excludes halogenated alkanes) is 4. The van der Waals surface area contributed by atoms with Crippen molar-refractivity contribution in [2.24, 2.45) is 5.92 Å². The van der Waals surface area contributed by atoms with Crippen molar-refractivity contribution in [3.8, 4) is 5.75 Å². The molecule has 3 amide bonds. The van der Waals surface area contributed by atoms with Gasteiger partial charge in [-0.25, -0.2) is 0 Å². The number of nitrogens with one attached hydrogen (secondary N) is 3. The van der Waals surface area contributed by atoms with Crippen molar-refractivity contribution in [2.75, 3.05) is 59.3 Å². The predicted octanol–water partition coefficient (Wildman–Crippen LogP) is 0.565. The van der Waals surface area contributed by atoms with Crippen LogP contribution >= 0.6 is 11.6 Å². The fourth-order valence-corrected chi connectivity index (χ4v) is 6.27. The smallest absolute Gasteiger partial charge is 0.255 e. The van der Waals surface area contributed by atoms with Gasteiger partial charge in [0.1, 0.15) is 24.1 Å². The molecule has 10 N–H and O–H groups in total. The average Bonchev–Trinajstić information content (AvgIpc) is 3.11. The van der Waals surface area contributed by atoms with Crippen LogP contribution in [-0.4, -0.2) is 138 Å². The molecule has 7 atom stereocenters. The van der Waals surface area contributed by atoms with E-state index in [1.54, 1.807) is 7.11 Å². The van der Waals surface area contributed by atoms with Crippen molar-refractivity contribution >= 4 is 35.0 Å². The Morgan fingerprint density at radius 3 is 2.29 bits per heavy atom. The molecule has 2 rings (SSSR count). The summed E-state index contributed by atoms with van der Waals surface area (Å²) in [5.74, 6) is 0.192. The fourth-order valence-electron chi connectivity index (χ4n) is 6.10. The van der Waals surface area contributed by atoms with Crippen LogP contribution in [0.1, 0.15) is 81.5 Å². The van der Waals surface area contributed by atoms with Crippen molar-refractivity contribution in [3.05, 3.63) is 22.7 Å². The minimum absolute atomic E-state index is 0.0413. The van der Waals surface area contributed by atoms with Crippen LogP contribution in [0.5, 0.6) is 5.75 Å². The second kappa shape index (κ2) is 23.7. The number of carbonyl (C=O) groups excluding carboxylic acids is 3. The Bertz CT molecular complexity index is 1210. The number of nitrogen functional groups attached to an aromatic ring is 1. The third-order valence-corrected chi connectivity index (χ3v) is 9.56. The van der Waals surface area contributed by atoms with Crippen LogP contribution in [0.15, 0.2) is 12.1 Å². The molecule has 0 radical (unpaired) electrons. The summed E-state index contributed by atoms with van der Waals surface area (Å²) in [6.45, 7) is 4.09. The molecule has 16 heteroatoms. The number of hydrogen-bond donors (Lipinski definition) is 9. The Morgan fingerprint density at radius 1 is 0.961 bits per heavy atom. The van der Waals surface area contributed by atoms with Crippen LogP contribution in [0.4, 0.5) is 5.69 Å². The molecule has 1 aromatic carbocycles. The molecule has 5 unspecified atom stereocenters. The summed E-state index contributed by atoms with van der Waals surface area (Å²) in [5, 5.41) is 56.3. The van der Waals surface area contributed by atoms with Gasteiger partial charge >= 0.3 is 0 Å². The number of halogens is 1. The third-order valence-electron chi connectivity index (χ3n) is 9.23. The summed E-state index contributed by atoms with van der Waals surface area (Å²) in [7, 11) is 3.12. The van der Waals surface area contributed by atoms with Crippen LogP contribution in [0, 0.1) is 5.92 Å². The number of ether oxygens (including phenoxy) is 2. The first-order chi connectivity index (χ1) is 24.3. The average molecular weight is 746 g/mol. The number of likely N-dealkylation sites (tertiary alicyclic amines) is 1. The van der Waals surface area contributed by atoms with Gasteiger partial charge in [-0.3, -0.25) is 14.4 Å². The highest BCUT2D eigenvalue weighted by Crippen LogP contribution is 2.29. The molecule has 0 aliphatic carbocycles. The lowest BCUT2D eigenvalue weighted by atomic mass is 9.97. The molecule has 15 nitrogen and oxygen atoms in total. The van der Waals surface area contributed by atoms with Crippen LogP contribution < -0.4 is 26.4 Å². The molecule has 0 saturated carbocycles. The van der Waals surface area contributed by atoms with E-state index >= 15 is 0 Å². The lowest BCUT2D eigenvalue weighted by molar-refractivity contribution is -0.126. The van der Waals surface area contributed by atoms with Crippen molar-refractivity contribution in [2.45, 2.75) is 108 Å². The number of rotatable bonds is 24. The number of aliphatic hydroxyl groups is 5. The Morgan fingerprint density at radius 2 is 1.61 bits per heavy atom. The summed E-state index contributed by atoms with van der Waals surface area (Å²) in [6.07, 6.45) is 0.615. The maximum absolute atomic E-state index is 13.1. The van der Waals surface area contributed by atoms with Gasteiger partial charge in [0.25, 0.3) is 5.91 Å². The minimum Gasteiger partial charge on any atom is -0.496 e. The van der Waals surface area contributed by atoms with Crippen molar-refractivity contribution < 1.29 is 49.4 Å². The van der Waals surface area contributed by atoms with Crippen molar-refractivity contribution in [3.63, 3.8) is 0 Å². The highest BCUT2D eigenvalue weighted by Gasteiger charge is 2.32. The summed E-state index contributed by atoms with van der Waals surface area (Å²) in [6, 6.07) is 2.88. The SMILES string of the molecule is COc1cc(N)c(Cl)cc1C(=O)N[C@@H]1CCN(CC(C)CCCC(=O)NCCCCCCCC(=O)NCC(O)C(O)C(O)C(O)CO)C[C@@H]1OC. The number of hydrogen-bond acceptors (Lipinski definition) is 12. The summed E-state index contributed by atoms with van der Waals surface area (Å²) >= 11 is 6.15. The quantitative estimate of drug-likeness (QED) is 0.0522. The van der Waals surface area contributed by atoms with E-state index in [4.69, 9.17) is 31.9 Å². The molecule has 1 heterocycles. The summed E-state index contributed by atoms with van der Waals surface area (Å²) in [4.78, 5) is 39.7. The Balaban J connectivity index is 1.53. The first-order valence-corrected chi connectivity index (χ1v) is 18.2. The van der Waals surface area contributed by atoms with Crippen molar-refractivity contribution in [1.29, 1.82) is 0 Å². The standard InChI is InChI=1S/C35H60ClN5O10/c1-22(19-41-15-13-26(30(20-41)51-3)40-35(49)23-16-24(36)25(37)17-29(23)50-2)10-9-12-31(45)38-14-8-6-4-5-7-11-32(46)39-18-27(43)33(47)34(48)28(44)21-42/h16-17,22,26-28,30,33-34,42-44,47-48H,4-15,18-21,37H2,1-3H3,(H,38,45)(H,39,46)(H,40,49)/t22?,26-,27?,28?,30+,33?,34?/m1/s1. The van der Waals surface area contributed by atoms with E-state index in [1.807, 2.05) is 0 Å². The summed E-state index contributed by atoms with van der Waals surface area (Å²) in [5.41, 5.74) is 6.51. The number of anilines is 1. The second-order valence-electron chi connectivity index (χ2n) is 13.4. The molecule has 292 valence electrons. The van der Waals surface area contributed by atoms with E-state index in [2.05, 4.69) is 27.8 Å². The van der Waals surface area contributed by atoms with Gasteiger partial charge in [-0.1, -0.05) is 37.8 Å². The number of carbonyl (C=O) groups is 3. The topological polar surface area (TPSA) is 236 Å². The van der Waals surface area contributed by atoms with E-state index in [1.165, 1.54) is 19.2 Å². The van der Waals surface area contributed by atoms with Crippen LogP contribution in [-0.2, 0) is 14.3 Å². The number of methoxy groups -OCH3 is 2. The molecule has 1 aromatic rings. The van der Waals surface area contributed by atoms with E-state index in [-0.39, 0.29) is 47.9 Å². The zero-order chi connectivity index (χ0) is 37.9. The van der Waals surface area contributed by atoms with Gasteiger partial charge in [0.05, 0.1) is 48.2 Å². The van der Waals surface area contributed by atoms with Gasteiger partial charge < -0.3 is 61.6 Å². The van der Waals surface area contributed by atoms with Gasteiger partial charge in [-0.2, -0.15) is 0 Å². The van der Waals surface area contributed by atoms with Crippen LogP contribution in [0.25, 0.3) is 0 Å². The lowest BCUT2D eigenvalue weighted by Gasteiger charge is -2.39. The Hall–Kier alpha value is -2.76. The molecule has 1 aliphatic rings. The van der Waals surface area contributed by atoms with E-state index < -0.39 is 31.0 Å². The third kappa shape index (κ3) is 15.8.